The van der Waals surface area contributed by atoms with Crippen LogP contribution in [0, 0.1) is 5.82 Å². The van der Waals surface area contributed by atoms with Gasteiger partial charge in [0.15, 0.2) is 11.6 Å². The number of methoxy groups -OCH3 is 1. The molecule has 1 aromatic carbocycles. The second-order valence-corrected chi connectivity index (χ2v) is 5.94. The highest BCUT2D eigenvalue weighted by Crippen LogP contribution is 2.30. The highest BCUT2D eigenvalue weighted by molar-refractivity contribution is 6.30. The van der Waals surface area contributed by atoms with Crippen LogP contribution in [-0.4, -0.2) is 25.3 Å². The third-order valence-corrected chi connectivity index (χ3v) is 2.72. The van der Waals surface area contributed by atoms with E-state index in [0.717, 1.165) is 6.07 Å². The van der Waals surface area contributed by atoms with Crippen LogP contribution in [-0.2, 0) is 4.74 Å². The molecule has 5 nitrogen and oxygen atoms in total. The average molecular weight is 319 g/mol. The minimum absolute atomic E-state index is 0.0119. The Kier molecular flexibility index (Phi) is 5.80. The first-order chi connectivity index (χ1) is 9.64. The molecule has 118 valence electrons. The standard InChI is InChI=1S/C14H20ClFN2O3/c1-14(2,3)21-13(19)18-7-11(17)9-5-8(15)6-10(16)12(9)20-4/h5-6,11H,7,17H2,1-4H3,(H,18,19). The van der Waals surface area contributed by atoms with E-state index < -0.39 is 23.6 Å². The van der Waals surface area contributed by atoms with E-state index >= 15 is 0 Å². The number of nitrogens with two attached hydrogens (primary N) is 1. The summed E-state index contributed by atoms with van der Waals surface area (Å²) >= 11 is 5.81. The Bertz CT molecular complexity index is 518. The van der Waals surface area contributed by atoms with Crippen molar-refractivity contribution in [3.8, 4) is 5.75 Å². The number of benzene rings is 1. The number of ether oxygens (including phenoxy) is 2. The molecular formula is C14H20ClFN2O3. The lowest BCUT2D eigenvalue weighted by Gasteiger charge is -2.21. The molecule has 7 heteroatoms. The monoisotopic (exact) mass is 318 g/mol. The lowest BCUT2D eigenvalue weighted by atomic mass is 10.1. The molecule has 1 rings (SSSR count). The fourth-order valence-corrected chi connectivity index (χ4v) is 1.90. The van der Waals surface area contributed by atoms with Crippen molar-refractivity contribution in [2.45, 2.75) is 32.4 Å². The predicted molar refractivity (Wildman–Crippen MR) is 79.1 cm³/mol. The van der Waals surface area contributed by atoms with E-state index in [1.807, 2.05) is 0 Å². The second kappa shape index (κ2) is 6.95. The van der Waals surface area contributed by atoms with Gasteiger partial charge in [-0.2, -0.15) is 0 Å². The number of halogens is 2. The molecule has 1 amide bonds. The number of rotatable bonds is 4. The molecule has 21 heavy (non-hydrogen) atoms. The Morgan fingerprint density at radius 1 is 1.48 bits per heavy atom. The van der Waals surface area contributed by atoms with Gasteiger partial charge in [-0.25, -0.2) is 9.18 Å². The lowest BCUT2D eigenvalue weighted by Crippen LogP contribution is -2.36. The van der Waals surface area contributed by atoms with Crippen molar-refractivity contribution in [1.82, 2.24) is 5.32 Å². The van der Waals surface area contributed by atoms with Gasteiger partial charge in [0.25, 0.3) is 0 Å². The Balaban J connectivity index is 2.76. The molecular weight excluding hydrogens is 299 g/mol. The molecule has 1 aromatic rings. The molecule has 0 saturated carbocycles. The van der Waals surface area contributed by atoms with Crippen molar-refractivity contribution in [3.05, 3.63) is 28.5 Å². The Morgan fingerprint density at radius 3 is 2.62 bits per heavy atom. The molecule has 0 saturated heterocycles. The third kappa shape index (κ3) is 5.40. The SMILES string of the molecule is COc1c(F)cc(Cl)cc1C(N)CNC(=O)OC(C)(C)C. The summed E-state index contributed by atoms with van der Waals surface area (Å²) in [6.45, 7) is 5.32. The first-order valence-electron chi connectivity index (χ1n) is 6.39. The summed E-state index contributed by atoms with van der Waals surface area (Å²) in [7, 11) is 1.34. The molecule has 0 radical (unpaired) electrons. The number of carbonyl (C=O) groups excluding carboxylic acids is 1. The summed E-state index contributed by atoms with van der Waals surface area (Å²) in [6, 6.07) is 1.96. The molecule has 0 heterocycles. The molecule has 0 bridgehead atoms. The van der Waals surface area contributed by atoms with Crippen LogP contribution < -0.4 is 15.8 Å². The van der Waals surface area contributed by atoms with Crippen LogP contribution in [0.3, 0.4) is 0 Å². The van der Waals surface area contributed by atoms with Gasteiger partial charge in [0.05, 0.1) is 13.2 Å². The van der Waals surface area contributed by atoms with E-state index in [1.54, 1.807) is 20.8 Å². The fourth-order valence-electron chi connectivity index (χ4n) is 1.69. The normalized spacial score (nSPS) is 12.7. The van der Waals surface area contributed by atoms with E-state index in [2.05, 4.69) is 5.32 Å². The topological polar surface area (TPSA) is 73.6 Å². The number of hydrogen-bond donors (Lipinski definition) is 2. The summed E-state index contributed by atoms with van der Waals surface area (Å²) in [6.07, 6.45) is -0.598. The quantitative estimate of drug-likeness (QED) is 0.895. The van der Waals surface area contributed by atoms with Crippen LogP contribution in [0.15, 0.2) is 12.1 Å². The van der Waals surface area contributed by atoms with Crippen LogP contribution in [0.4, 0.5) is 9.18 Å². The van der Waals surface area contributed by atoms with Crippen molar-refractivity contribution >= 4 is 17.7 Å². The van der Waals surface area contributed by atoms with Gasteiger partial charge < -0.3 is 20.5 Å². The van der Waals surface area contributed by atoms with Crippen LogP contribution in [0.25, 0.3) is 0 Å². The number of nitrogens with one attached hydrogen (secondary N) is 1. The zero-order chi connectivity index (χ0) is 16.2. The van der Waals surface area contributed by atoms with E-state index in [1.165, 1.54) is 13.2 Å². The van der Waals surface area contributed by atoms with Gasteiger partial charge in [-0.05, 0) is 32.9 Å². The third-order valence-electron chi connectivity index (χ3n) is 2.51. The Morgan fingerprint density at radius 2 is 2.10 bits per heavy atom. The second-order valence-electron chi connectivity index (χ2n) is 5.50. The van der Waals surface area contributed by atoms with Crippen LogP contribution in [0.1, 0.15) is 32.4 Å². The van der Waals surface area contributed by atoms with Gasteiger partial charge in [-0.15, -0.1) is 0 Å². The maximum Gasteiger partial charge on any atom is 0.407 e. The highest BCUT2D eigenvalue weighted by atomic mass is 35.5. The summed E-state index contributed by atoms with van der Waals surface area (Å²) < 4.78 is 23.8. The Hall–Kier alpha value is -1.53. The number of carbonyl (C=O) groups is 1. The zero-order valence-corrected chi connectivity index (χ0v) is 13.3. The van der Waals surface area contributed by atoms with Gasteiger partial charge in [0.2, 0.25) is 0 Å². The minimum Gasteiger partial charge on any atom is -0.493 e. The molecule has 0 aliphatic heterocycles. The molecule has 1 atom stereocenters. The Labute approximate surface area is 128 Å². The number of alkyl carbamates (subject to hydrolysis) is 1. The molecule has 0 fully saturated rings. The van der Waals surface area contributed by atoms with Gasteiger partial charge in [0, 0.05) is 17.1 Å². The molecule has 0 spiro atoms. The van der Waals surface area contributed by atoms with E-state index in [0.29, 0.717) is 5.56 Å². The van der Waals surface area contributed by atoms with Gasteiger partial charge in [0.1, 0.15) is 5.60 Å². The fraction of sp³-hybridized carbons (Fsp3) is 0.500. The van der Waals surface area contributed by atoms with Gasteiger partial charge in [-0.1, -0.05) is 11.6 Å². The van der Waals surface area contributed by atoms with Crippen molar-refractivity contribution in [1.29, 1.82) is 0 Å². The summed E-state index contributed by atoms with van der Waals surface area (Å²) in [4.78, 5) is 11.6. The van der Waals surface area contributed by atoms with Crippen LogP contribution in [0.5, 0.6) is 5.75 Å². The lowest BCUT2D eigenvalue weighted by molar-refractivity contribution is 0.0524. The van der Waals surface area contributed by atoms with Crippen molar-refractivity contribution in [2.75, 3.05) is 13.7 Å². The summed E-state index contributed by atoms with van der Waals surface area (Å²) in [5.74, 6) is -0.592. The number of amides is 1. The first kappa shape index (κ1) is 17.5. The summed E-state index contributed by atoms with van der Waals surface area (Å²) in [5, 5.41) is 2.73. The maximum atomic E-state index is 13.7. The van der Waals surface area contributed by atoms with Gasteiger partial charge in [-0.3, -0.25) is 0 Å². The predicted octanol–water partition coefficient (Wildman–Crippen LogP) is 3.01. The first-order valence-corrected chi connectivity index (χ1v) is 6.77. The molecule has 0 aromatic heterocycles. The molecule has 0 aliphatic carbocycles. The maximum absolute atomic E-state index is 13.7. The molecule has 0 aliphatic rings. The number of hydrogen-bond acceptors (Lipinski definition) is 4. The van der Waals surface area contributed by atoms with E-state index in [4.69, 9.17) is 26.8 Å². The minimum atomic E-state index is -0.680. The van der Waals surface area contributed by atoms with Crippen LogP contribution in [0.2, 0.25) is 5.02 Å². The van der Waals surface area contributed by atoms with Crippen molar-refractivity contribution in [3.63, 3.8) is 0 Å². The van der Waals surface area contributed by atoms with E-state index in [-0.39, 0.29) is 17.3 Å². The van der Waals surface area contributed by atoms with Crippen molar-refractivity contribution in [2.24, 2.45) is 5.73 Å². The largest absolute Gasteiger partial charge is 0.493 e. The molecule has 1 unspecified atom stereocenters. The molecule has 3 N–H and O–H groups in total. The van der Waals surface area contributed by atoms with Crippen molar-refractivity contribution < 1.29 is 18.7 Å². The zero-order valence-electron chi connectivity index (χ0n) is 12.5. The summed E-state index contributed by atoms with van der Waals surface area (Å²) in [5.41, 5.74) is 5.72. The average Bonchev–Trinajstić information content (AvgIpc) is 2.33. The van der Waals surface area contributed by atoms with Crippen LogP contribution >= 0.6 is 11.6 Å². The van der Waals surface area contributed by atoms with E-state index in [9.17, 15) is 9.18 Å². The highest BCUT2D eigenvalue weighted by Gasteiger charge is 2.20. The smallest absolute Gasteiger partial charge is 0.407 e. The van der Waals surface area contributed by atoms with Gasteiger partial charge >= 0.3 is 6.09 Å².